The van der Waals surface area contributed by atoms with Crippen molar-refractivity contribution < 1.29 is 4.74 Å². The zero-order chi connectivity index (χ0) is 10.1. The summed E-state index contributed by atoms with van der Waals surface area (Å²) in [5, 5.41) is 2.79. The quantitative estimate of drug-likeness (QED) is 0.765. The Morgan fingerprint density at radius 2 is 2.36 bits per heavy atom. The number of ether oxygens (including phenoxy) is 1. The minimum atomic E-state index is 0.737. The number of nitrogens with two attached hydrogens (primary N) is 1. The maximum Gasteiger partial charge on any atom is 0.184 e. The summed E-state index contributed by atoms with van der Waals surface area (Å²) in [6.07, 6.45) is 1.78. The summed E-state index contributed by atoms with van der Waals surface area (Å²) in [4.78, 5) is 4.33. The zero-order valence-electron chi connectivity index (χ0n) is 8.02. The van der Waals surface area contributed by atoms with E-state index in [1.165, 1.54) is 16.0 Å². The zero-order valence-corrected chi connectivity index (χ0v) is 8.84. The molecule has 14 heavy (non-hydrogen) atoms. The molecule has 2 rings (SSSR count). The molecule has 0 saturated carbocycles. The van der Waals surface area contributed by atoms with Crippen LogP contribution in [0.25, 0.3) is 11.4 Å². The van der Waals surface area contributed by atoms with Crippen LogP contribution in [-0.4, -0.2) is 16.8 Å². The van der Waals surface area contributed by atoms with Crippen LogP contribution in [-0.2, 0) is 0 Å². The minimum absolute atomic E-state index is 0.737. The highest BCUT2D eigenvalue weighted by atomic mass is 32.1. The third-order valence-electron chi connectivity index (χ3n) is 1.91. The largest absolute Gasteiger partial charge is 0.487 e. The van der Waals surface area contributed by atoms with Gasteiger partial charge >= 0.3 is 0 Å². The summed E-state index contributed by atoms with van der Waals surface area (Å²) < 4.78 is 6.73. The first-order chi connectivity index (χ1) is 6.72. The lowest BCUT2D eigenvalue weighted by Crippen LogP contribution is -2.08. The summed E-state index contributed by atoms with van der Waals surface area (Å²) in [6, 6.07) is 1.95. The van der Waals surface area contributed by atoms with Gasteiger partial charge in [0, 0.05) is 6.20 Å². The molecule has 4 nitrogen and oxygen atoms in total. The van der Waals surface area contributed by atoms with Gasteiger partial charge in [0.2, 0.25) is 0 Å². The number of nitrogen functional groups attached to an aromatic ring is 1. The molecular formula is C9H11N3OS. The van der Waals surface area contributed by atoms with Crippen LogP contribution in [0.3, 0.4) is 0 Å². The normalized spacial score (nSPS) is 10.4. The van der Waals surface area contributed by atoms with Crippen LogP contribution in [0.4, 0.5) is 0 Å². The van der Waals surface area contributed by atoms with Crippen molar-refractivity contribution in [3.05, 3.63) is 23.3 Å². The van der Waals surface area contributed by atoms with Gasteiger partial charge in [-0.1, -0.05) is 0 Å². The highest BCUT2D eigenvalue weighted by Gasteiger charge is 2.12. The molecule has 0 aromatic carbocycles. The van der Waals surface area contributed by atoms with E-state index in [1.54, 1.807) is 13.3 Å². The van der Waals surface area contributed by atoms with E-state index in [2.05, 4.69) is 4.98 Å². The number of imidazole rings is 1. The number of hydrogen-bond acceptors (Lipinski definition) is 4. The fourth-order valence-electron chi connectivity index (χ4n) is 1.33. The Morgan fingerprint density at radius 3 is 2.93 bits per heavy atom. The van der Waals surface area contributed by atoms with Crippen molar-refractivity contribution in [3.8, 4) is 16.5 Å². The smallest absolute Gasteiger partial charge is 0.184 e. The van der Waals surface area contributed by atoms with Gasteiger partial charge in [0.1, 0.15) is 0 Å². The van der Waals surface area contributed by atoms with Crippen molar-refractivity contribution in [3.63, 3.8) is 0 Å². The van der Waals surface area contributed by atoms with Crippen LogP contribution in [0.5, 0.6) is 5.06 Å². The van der Waals surface area contributed by atoms with Crippen molar-refractivity contribution in [1.29, 1.82) is 0 Å². The fourth-order valence-corrected chi connectivity index (χ4v) is 2.04. The molecule has 0 atom stereocenters. The molecule has 0 fully saturated rings. The first-order valence-corrected chi connectivity index (χ1v) is 5.03. The summed E-state index contributed by atoms with van der Waals surface area (Å²) in [7, 11) is 1.64. The number of methoxy groups -OCH3 is 1. The second kappa shape index (κ2) is 3.34. The molecule has 74 valence electrons. The van der Waals surface area contributed by atoms with E-state index in [9.17, 15) is 0 Å². The van der Waals surface area contributed by atoms with Crippen LogP contribution in [0.15, 0.2) is 17.6 Å². The molecule has 0 unspecified atom stereocenters. The van der Waals surface area contributed by atoms with Crippen molar-refractivity contribution in [2.75, 3.05) is 13.0 Å². The molecule has 2 aromatic heterocycles. The van der Waals surface area contributed by atoms with Gasteiger partial charge in [-0.2, -0.15) is 0 Å². The van der Waals surface area contributed by atoms with Crippen LogP contribution in [0.2, 0.25) is 0 Å². The fraction of sp³-hybridized carbons (Fsp3) is 0.222. The summed E-state index contributed by atoms with van der Waals surface area (Å²) in [6.45, 7) is 1.91. The first kappa shape index (κ1) is 9.08. The van der Waals surface area contributed by atoms with Crippen molar-refractivity contribution in [2.24, 2.45) is 0 Å². The van der Waals surface area contributed by atoms with Gasteiger partial charge in [-0.25, -0.2) is 9.66 Å². The number of hydrogen-bond donors (Lipinski definition) is 1. The lowest BCUT2D eigenvalue weighted by Gasteiger charge is -2.01. The molecule has 0 bridgehead atoms. The Balaban J connectivity index is 2.53. The second-order valence-corrected chi connectivity index (χ2v) is 3.82. The second-order valence-electron chi connectivity index (χ2n) is 2.94. The van der Waals surface area contributed by atoms with Crippen molar-refractivity contribution in [1.82, 2.24) is 9.66 Å². The molecule has 2 N–H and O–H groups in total. The van der Waals surface area contributed by atoms with E-state index in [4.69, 9.17) is 10.6 Å². The Labute approximate surface area is 85.9 Å². The average molecular weight is 209 g/mol. The van der Waals surface area contributed by atoms with Gasteiger partial charge in [-0.05, 0) is 18.4 Å². The van der Waals surface area contributed by atoms with E-state index in [1.807, 2.05) is 18.4 Å². The third-order valence-corrected chi connectivity index (χ3v) is 2.78. The van der Waals surface area contributed by atoms with Crippen molar-refractivity contribution in [2.45, 2.75) is 6.92 Å². The lowest BCUT2D eigenvalue weighted by molar-refractivity contribution is 0.428. The van der Waals surface area contributed by atoms with E-state index >= 15 is 0 Å². The molecule has 0 aliphatic heterocycles. The Morgan fingerprint density at radius 1 is 1.57 bits per heavy atom. The van der Waals surface area contributed by atoms with Crippen LogP contribution < -0.4 is 10.6 Å². The molecule has 0 spiro atoms. The SMILES string of the molecule is COc1sccc1-c1nc(C)cn1N. The Kier molecular flexibility index (Phi) is 2.17. The van der Waals surface area contributed by atoms with E-state index in [-0.39, 0.29) is 0 Å². The predicted octanol–water partition coefficient (Wildman–Crippen LogP) is 1.64. The number of nitrogens with zero attached hydrogens (tertiary/aromatic N) is 2. The summed E-state index contributed by atoms with van der Waals surface area (Å²) in [5.41, 5.74) is 1.84. The Hall–Kier alpha value is -1.49. The molecule has 0 saturated heterocycles. The average Bonchev–Trinajstić information content (AvgIpc) is 2.71. The van der Waals surface area contributed by atoms with Gasteiger partial charge in [0.15, 0.2) is 10.9 Å². The van der Waals surface area contributed by atoms with E-state index < -0.39 is 0 Å². The summed E-state index contributed by atoms with van der Waals surface area (Å²) >= 11 is 1.53. The molecule has 2 heterocycles. The maximum absolute atomic E-state index is 5.76. The number of thiophene rings is 1. The van der Waals surface area contributed by atoms with Gasteiger partial charge in [0.05, 0.1) is 18.4 Å². The molecule has 0 radical (unpaired) electrons. The topological polar surface area (TPSA) is 53.1 Å². The van der Waals surface area contributed by atoms with Crippen LogP contribution in [0, 0.1) is 6.92 Å². The molecule has 0 amide bonds. The monoisotopic (exact) mass is 209 g/mol. The minimum Gasteiger partial charge on any atom is -0.487 e. The highest BCUT2D eigenvalue weighted by molar-refractivity contribution is 7.12. The lowest BCUT2D eigenvalue weighted by atomic mass is 10.3. The van der Waals surface area contributed by atoms with Gasteiger partial charge < -0.3 is 10.6 Å². The molecule has 0 aliphatic rings. The van der Waals surface area contributed by atoms with Crippen LogP contribution in [0.1, 0.15) is 5.69 Å². The maximum atomic E-state index is 5.76. The Bertz CT molecular complexity index is 447. The van der Waals surface area contributed by atoms with E-state index in [0.29, 0.717) is 0 Å². The standard InChI is InChI=1S/C9H11N3OS/c1-6-5-12(10)8(11-6)7-3-4-14-9(7)13-2/h3-5H,10H2,1-2H3. The van der Waals surface area contributed by atoms with Crippen LogP contribution >= 0.6 is 11.3 Å². The van der Waals surface area contributed by atoms with Crippen molar-refractivity contribution >= 4 is 11.3 Å². The number of aryl methyl sites for hydroxylation is 1. The van der Waals surface area contributed by atoms with E-state index in [0.717, 1.165) is 22.1 Å². The molecule has 5 heteroatoms. The first-order valence-electron chi connectivity index (χ1n) is 4.15. The number of rotatable bonds is 2. The molecule has 0 aliphatic carbocycles. The summed E-state index contributed by atoms with van der Waals surface area (Å²) in [5.74, 6) is 6.50. The van der Waals surface area contributed by atoms with Gasteiger partial charge in [-0.3, -0.25) is 0 Å². The third kappa shape index (κ3) is 1.35. The number of aromatic nitrogens is 2. The molecular weight excluding hydrogens is 198 g/mol. The molecule has 2 aromatic rings. The predicted molar refractivity (Wildman–Crippen MR) is 57.0 cm³/mol. The highest BCUT2D eigenvalue weighted by Crippen LogP contribution is 2.33. The van der Waals surface area contributed by atoms with Gasteiger partial charge in [0.25, 0.3) is 0 Å². The van der Waals surface area contributed by atoms with Gasteiger partial charge in [-0.15, -0.1) is 11.3 Å².